The molecule has 1 fully saturated rings. The maximum absolute atomic E-state index is 13.8. The number of aromatic nitrogens is 4. The van der Waals surface area contributed by atoms with Crippen LogP contribution in [0.2, 0.25) is 0 Å². The Bertz CT molecular complexity index is 2290. The number of anilines is 2. The van der Waals surface area contributed by atoms with E-state index in [0.717, 1.165) is 18.4 Å². The van der Waals surface area contributed by atoms with Gasteiger partial charge in [-0.3, -0.25) is 24.1 Å². The standard InChI is InChI=1S/C37H38N6O8S/c1-22-4-6-31(39-15-22)29-19-43(18-23-8-10-51-11-9-23)20-30(35(29)44)37(45)42-27-12-26(21-52(46,47)48)34(40-17-27)28-13-25(16-41-36(28)38)24-5-7-32(49-2)33(14-24)50-3/h4-7,12-17,19-20,23H,8-11,18,21H2,1-3H3,(H2,38,41)(H,42,45)(H,46,47,48). The van der Waals surface area contributed by atoms with E-state index in [4.69, 9.17) is 19.9 Å². The molecule has 52 heavy (non-hydrogen) atoms. The van der Waals surface area contributed by atoms with Crippen molar-refractivity contribution in [1.82, 2.24) is 19.5 Å². The van der Waals surface area contributed by atoms with Gasteiger partial charge in [-0.2, -0.15) is 8.42 Å². The second kappa shape index (κ2) is 15.3. The Labute approximate surface area is 300 Å². The van der Waals surface area contributed by atoms with E-state index in [1.54, 1.807) is 48.9 Å². The Kier molecular flexibility index (Phi) is 10.6. The van der Waals surface area contributed by atoms with Gasteiger partial charge in [-0.1, -0.05) is 12.1 Å². The van der Waals surface area contributed by atoms with Crippen molar-refractivity contribution in [2.45, 2.75) is 32.1 Å². The molecule has 0 atom stereocenters. The number of hydrogen-bond acceptors (Lipinski definition) is 11. The fraction of sp³-hybridized carbons (Fsp3) is 0.270. The lowest BCUT2D eigenvalue weighted by molar-refractivity contribution is 0.0612. The van der Waals surface area contributed by atoms with Crippen molar-refractivity contribution in [2.24, 2.45) is 5.92 Å². The summed E-state index contributed by atoms with van der Waals surface area (Å²) in [6.45, 7) is 3.73. The van der Waals surface area contributed by atoms with Crippen molar-refractivity contribution < 1.29 is 32.0 Å². The summed E-state index contributed by atoms with van der Waals surface area (Å²) in [5, 5.41) is 2.69. The number of rotatable bonds is 11. The lowest BCUT2D eigenvalue weighted by atomic mass is 10.00. The summed E-state index contributed by atoms with van der Waals surface area (Å²) < 4.78 is 52.4. The molecule has 0 aliphatic carbocycles. The number of nitrogens with zero attached hydrogens (tertiary/aromatic N) is 4. The number of nitrogen functional groups attached to an aromatic ring is 1. The SMILES string of the molecule is COc1ccc(-c2cnc(N)c(-c3ncc(NC(=O)c4cn(CC5CCOCC5)cc(-c5ccc(C)cn5)c4=O)cc3CS(=O)(=O)O)c2)cc1OC. The molecule has 0 bridgehead atoms. The number of amides is 1. The molecule has 1 aliphatic rings. The van der Waals surface area contributed by atoms with Gasteiger partial charge in [-0.25, -0.2) is 4.98 Å². The summed E-state index contributed by atoms with van der Waals surface area (Å²) in [7, 11) is -1.53. The fourth-order valence-corrected chi connectivity index (χ4v) is 6.71. The molecular weight excluding hydrogens is 689 g/mol. The maximum atomic E-state index is 13.8. The number of nitrogens with one attached hydrogen (secondary N) is 1. The minimum Gasteiger partial charge on any atom is -0.493 e. The van der Waals surface area contributed by atoms with E-state index in [1.165, 1.54) is 32.7 Å². The van der Waals surface area contributed by atoms with Gasteiger partial charge in [0.25, 0.3) is 16.0 Å². The lowest BCUT2D eigenvalue weighted by Gasteiger charge is -2.23. The summed E-state index contributed by atoms with van der Waals surface area (Å²) in [5.41, 5.74) is 9.07. The van der Waals surface area contributed by atoms with Crippen molar-refractivity contribution in [3.63, 3.8) is 0 Å². The molecule has 1 amide bonds. The van der Waals surface area contributed by atoms with Crippen LogP contribution in [0.3, 0.4) is 0 Å². The van der Waals surface area contributed by atoms with Crippen LogP contribution in [0.4, 0.5) is 11.5 Å². The second-order valence-corrected chi connectivity index (χ2v) is 14.0. The fourth-order valence-electron chi connectivity index (χ4n) is 6.10. The predicted molar refractivity (Wildman–Crippen MR) is 196 cm³/mol. The molecule has 15 heteroatoms. The number of methoxy groups -OCH3 is 2. The molecule has 0 unspecified atom stereocenters. The molecule has 1 aliphatic heterocycles. The number of nitrogens with two attached hydrogens (primary N) is 1. The van der Waals surface area contributed by atoms with Gasteiger partial charge in [0.2, 0.25) is 5.43 Å². The van der Waals surface area contributed by atoms with Crippen molar-refractivity contribution in [1.29, 1.82) is 0 Å². The second-order valence-electron chi connectivity index (χ2n) is 12.5. The van der Waals surface area contributed by atoms with Gasteiger partial charge in [0.05, 0.1) is 43.1 Å². The number of ether oxygens (including phenoxy) is 3. The summed E-state index contributed by atoms with van der Waals surface area (Å²) in [5.74, 6) is -0.217. The average Bonchev–Trinajstić information content (AvgIpc) is 3.12. The van der Waals surface area contributed by atoms with Gasteiger partial charge in [0.1, 0.15) is 17.1 Å². The first-order chi connectivity index (χ1) is 24.9. The molecule has 0 radical (unpaired) electrons. The molecule has 4 aromatic heterocycles. The van der Waals surface area contributed by atoms with Crippen LogP contribution in [0, 0.1) is 12.8 Å². The molecule has 14 nitrogen and oxygen atoms in total. The van der Waals surface area contributed by atoms with Gasteiger partial charge in [0.15, 0.2) is 11.5 Å². The summed E-state index contributed by atoms with van der Waals surface area (Å²) in [4.78, 5) is 40.8. The van der Waals surface area contributed by atoms with E-state index >= 15 is 0 Å². The Morgan fingerprint density at radius 2 is 1.73 bits per heavy atom. The first-order valence-corrected chi connectivity index (χ1v) is 18.0. The molecular formula is C37H38N6O8S. The monoisotopic (exact) mass is 726 g/mol. The van der Waals surface area contributed by atoms with Crippen LogP contribution in [-0.4, -0.2) is 65.8 Å². The van der Waals surface area contributed by atoms with Crippen molar-refractivity contribution in [2.75, 3.05) is 38.5 Å². The lowest BCUT2D eigenvalue weighted by Crippen LogP contribution is -2.27. The Morgan fingerprint density at radius 3 is 2.42 bits per heavy atom. The van der Waals surface area contributed by atoms with Crippen LogP contribution in [0.15, 0.2) is 78.2 Å². The van der Waals surface area contributed by atoms with Gasteiger partial charge < -0.3 is 29.8 Å². The zero-order valence-corrected chi connectivity index (χ0v) is 29.6. The van der Waals surface area contributed by atoms with Crippen LogP contribution in [0.1, 0.15) is 34.3 Å². The molecule has 1 aromatic carbocycles. The third kappa shape index (κ3) is 8.28. The molecule has 1 saturated heterocycles. The highest BCUT2D eigenvalue weighted by Gasteiger charge is 2.22. The molecule has 0 saturated carbocycles. The number of aryl methyl sites for hydroxylation is 1. The summed E-state index contributed by atoms with van der Waals surface area (Å²) in [6.07, 6.45) is 9.43. The molecule has 4 N–H and O–H groups in total. The van der Waals surface area contributed by atoms with Gasteiger partial charge in [-0.15, -0.1) is 0 Å². The van der Waals surface area contributed by atoms with E-state index in [2.05, 4.69) is 20.3 Å². The van der Waals surface area contributed by atoms with Crippen LogP contribution >= 0.6 is 0 Å². The van der Waals surface area contributed by atoms with Crippen LogP contribution < -0.4 is 26.0 Å². The zero-order chi connectivity index (χ0) is 37.0. The first-order valence-electron chi connectivity index (χ1n) is 16.4. The van der Waals surface area contributed by atoms with Crippen molar-refractivity contribution >= 4 is 27.5 Å². The van der Waals surface area contributed by atoms with Crippen LogP contribution in [-0.2, 0) is 27.2 Å². The van der Waals surface area contributed by atoms with Crippen molar-refractivity contribution in [3.05, 3.63) is 100 Å². The normalized spacial score (nSPS) is 13.5. The smallest absolute Gasteiger partial charge is 0.269 e. The third-order valence-electron chi connectivity index (χ3n) is 8.77. The molecule has 6 rings (SSSR count). The first kappa shape index (κ1) is 36.2. The minimum atomic E-state index is -4.58. The van der Waals surface area contributed by atoms with Gasteiger partial charge in [0, 0.05) is 55.7 Å². The molecule has 0 spiro atoms. The molecule has 5 heterocycles. The summed E-state index contributed by atoms with van der Waals surface area (Å²) >= 11 is 0. The van der Waals surface area contributed by atoms with E-state index in [9.17, 15) is 22.6 Å². The maximum Gasteiger partial charge on any atom is 0.269 e. The van der Waals surface area contributed by atoms with Crippen LogP contribution in [0.25, 0.3) is 33.6 Å². The highest BCUT2D eigenvalue weighted by atomic mass is 32.2. The quantitative estimate of drug-likeness (QED) is 0.154. The highest BCUT2D eigenvalue weighted by molar-refractivity contribution is 7.85. The molecule has 270 valence electrons. The summed E-state index contributed by atoms with van der Waals surface area (Å²) in [6, 6.07) is 11.9. The van der Waals surface area contributed by atoms with Gasteiger partial charge >= 0.3 is 0 Å². The third-order valence-corrected chi connectivity index (χ3v) is 9.45. The average molecular weight is 727 g/mol. The zero-order valence-electron chi connectivity index (χ0n) is 28.8. The van der Waals surface area contributed by atoms with Crippen molar-refractivity contribution in [3.8, 4) is 45.1 Å². The van der Waals surface area contributed by atoms with E-state index in [1.807, 2.05) is 17.6 Å². The van der Waals surface area contributed by atoms with Gasteiger partial charge in [-0.05, 0) is 72.7 Å². The Morgan fingerprint density at radius 1 is 0.962 bits per heavy atom. The minimum absolute atomic E-state index is 0.0350. The topological polar surface area (TPSA) is 198 Å². The van der Waals surface area contributed by atoms with E-state index in [0.29, 0.717) is 48.1 Å². The number of hydrogen-bond donors (Lipinski definition) is 3. The van der Waals surface area contributed by atoms with E-state index in [-0.39, 0.29) is 45.4 Å². The number of pyridine rings is 4. The Balaban J connectivity index is 1.37. The number of carbonyl (C=O) groups is 1. The van der Waals surface area contributed by atoms with E-state index < -0.39 is 27.2 Å². The predicted octanol–water partition coefficient (Wildman–Crippen LogP) is 5.01. The highest BCUT2D eigenvalue weighted by Crippen LogP contribution is 2.36. The number of carbonyl (C=O) groups excluding carboxylic acids is 1. The Hall–Kier alpha value is -5.64. The number of benzene rings is 1. The molecule has 5 aromatic rings. The van der Waals surface area contributed by atoms with Crippen LogP contribution in [0.5, 0.6) is 11.5 Å². The largest absolute Gasteiger partial charge is 0.493 e.